The fraction of sp³-hybridized carbons (Fsp3) is 0.676. The van der Waals surface area contributed by atoms with Crippen LogP contribution < -0.4 is 5.73 Å². The molecule has 4 unspecified atom stereocenters. The predicted octanol–water partition coefficient (Wildman–Crippen LogP) is 5.50. The Labute approximate surface area is 258 Å². The van der Waals surface area contributed by atoms with Gasteiger partial charge in [0.2, 0.25) is 5.79 Å². The van der Waals surface area contributed by atoms with Gasteiger partial charge in [0, 0.05) is 25.2 Å². The van der Waals surface area contributed by atoms with Gasteiger partial charge in [0.25, 0.3) is 0 Å². The average molecular weight is 613 g/mol. The molecule has 7 rings (SSSR count). The maximum absolute atomic E-state index is 14.3. The Kier molecular flexibility index (Phi) is 7.80. The van der Waals surface area contributed by atoms with Crippen molar-refractivity contribution in [1.29, 1.82) is 0 Å². The topological polar surface area (TPSA) is 103 Å². The number of allylic oxidation sites excluding steroid dienone is 3. The largest absolute Gasteiger partial charge is 0.404 e. The molecule has 2 saturated heterocycles. The third-order valence-electron chi connectivity index (χ3n) is 12.0. The summed E-state index contributed by atoms with van der Waals surface area (Å²) in [7, 11) is 3.23. The van der Waals surface area contributed by atoms with Crippen molar-refractivity contribution in [2.24, 2.45) is 39.3 Å². The molecule has 240 valence electrons. The van der Waals surface area contributed by atoms with Crippen LogP contribution in [-0.2, 0) is 39.8 Å². The van der Waals surface area contributed by atoms with Gasteiger partial charge in [-0.25, -0.2) is 9.38 Å². The van der Waals surface area contributed by atoms with Crippen LogP contribution >= 0.6 is 0 Å². The highest BCUT2D eigenvalue weighted by molar-refractivity contribution is 6.11. The molecule has 10 heteroatoms. The molecule has 1 aromatic carbocycles. The fourth-order valence-corrected chi connectivity index (χ4v) is 10.2. The van der Waals surface area contributed by atoms with E-state index in [0.29, 0.717) is 29.7 Å². The summed E-state index contributed by atoms with van der Waals surface area (Å²) >= 11 is 0. The van der Waals surface area contributed by atoms with Crippen molar-refractivity contribution in [3.63, 3.8) is 0 Å². The van der Waals surface area contributed by atoms with Crippen LogP contribution in [0.4, 0.5) is 10.1 Å². The summed E-state index contributed by atoms with van der Waals surface area (Å²) in [5, 5.41) is 0. The first kappa shape index (κ1) is 30.5. The SMILES string of the molecule is COCOC1C[C@@]2(C)[C@@H](CC[C@@]23OCOC32COCO2)C2CCC3=CC(=Nc4ccc(F)c(COC)c4)C(=CN)C[C@]3(C)C12. The number of fused-ring (bicyclic) bond motifs is 7. The fourth-order valence-electron chi connectivity index (χ4n) is 10.2. The highest BCUT2D eigenvalue weighted by Crippen LogP contribution is 2.72. The van der Waals surface area contributed by atoms with Crippen LogP contribution in [0.15, 0.2) is 46.6 Å². The highest BCUT2D eigenvalue weighted by Gasteiger charge is 2.77. The van der Waals surface area contributed by atoms with Crippen molar-refractivity contribution in [2.45, 2.75) is 76.5 Å². The first-order valence-electron chi connectivity index (χ1n) is 15.8. The van der Waals surface area contributed by atoms with E-state index in [2.05, 4.69) is 19.9 Å². The molecule has 6 aliphatic rings. The Hall–Kier alpha value is -2.18. The van der Waals surface area contributed by atoms with Crippen molar-refractivity contribution in [1.82, 2.24) is 0 Å². The van der Waals surface area contributed by atoms with E-state index in [1.165, 1.54) is 11.6 Å². The molecule has 0 radical (unpaired) electrons. The number of aliphatic imine (C=N–C) groups is 1. The summed E-state index contributed by atoms with van der Waals surface area (Å²) in [5.74, 6) is -0.110. The van der Waals surface area contributed by atoms with E-state index in [9.17, 15) is 4.39 Å². The lowest BCUT2D eigenvalue weighted by molar-refractivity contribution is -0.264. The van der Waals surface area contributed by atoms with Crippen LogP contribution in [0.5, 0.6) is 0 Å². The lowest BCUT2D eigenvalue weighted by Gasteiger charge is -2.62. The van der Waals surface area contributed by atoms with Gasteiger partial charge in [-0.1, -0.05) is 19.4 Å². The van der Waals surface area contributed by atoms with Crippen molar-refractivity contribution in [3.8, 4) is 0 Å². The minimum atomic E-state index is -0.881. The number of rotatable bonds is 6. The number of ether oxygens (including phenoxy) is 7. The second-order valence-electron chi connectivity index (χ2n) is 13.9. The standard InChI is InChI=1S/C34H45FN2O7/c1-31-13-22(15-36)28(37-24-6-8-27(35)21(11-24)16-38-3)12-23(31)5-7-25-26-9-10-33(34(44-20-42-33)17-40-19-43-34)32(26,2)14-29(30(25)31)41-18-39-4/h6,8,11-12,15,25-26,29-30H,5,7,9-10,13-14,16-20,36H2,1-4H3/t25?,26-,29?,30?,31-,32-,33+,34?/m0/s1. The molecule has 2 aliphatic heterocycles. The number of hydrogen-bond acceptors (Lipinski definition) is 9. The monoisotopic (exact) mass is 612 g/mol. The van der Waals surface area contributed by atoms with Crippen LogP contribution in [0.3, 0.4) is 0 Å². The minimum absolute atomic E-state index is 0.0698. The molecule has 2 heterocycles. The smallest absolute Gasteiger partial charge is 0.226 e. The lowest BCUT2D eigenvalue weighted by Crippen LogP contribution is -2.66. The maximum Gasteiger partial charge on any atom is 0.226 e. The maximum atomic E-state index is 14.3. The summed E-state index contributed by atoms with van der Waals surface area (Å²) in [5.41, 5.74) is 9.65. The zero-order chi connectivity index (χ0) is 30.7. The van der Waals surface area contributed by atoms with E-state index in [0.717, 1.165) is 49.8 Å². The molecule has 9 nitrogen and oxygen atoms in total. The Morgan fingerprint density at radius 2 is 1.95 bits per heavy atom. The number of hydrogen-bond donors (Lipinski definition) is 1. The third-order valence-corrected chi connectivity index (χ3v) is 12.0. The van der Waals surface area contributed by atoms with E-state index in [1.807, 2.05) is 0 Å². The van der Waals surface area contributed by atoms with Gasteiger partial charge in [-0.15, -0.1) is 0 Å². The van der Waals surface area contributed by atoms with Crippen LogP contribution in [0.25, 0.3) is 0 Å². The van der Waals surface area contributed by atoms with Crippen LogP contribution in [0, 0.1) is 34.4 Å². The predicted molar refractivity (Wildman–Crippen MR) is 160 cm³/mol. The van der Waals surface area contributed by atoms with E-state index in [1.54, 1.807) is 32.6 Å². The van der Waals surface area contributed by atoms with E-state index >= 15 is 0 Å². The Morgan fingerprint density at radius 1 is 1.11 bits per heavy atom. The van der Waals surface area contributed by atoms with E-state index < -0.39 is 11.4 Å². The minimum Gasteiger partial charge on any atom is -0.404 e. The van der Waals surface area contributed by atoms with Crippen LogP contribution in [0.2, 0.25) is 0 Å². The van der Waals surface area contributed by atoms with Gasteiger partial charge in [0.1, 0.15) is 24.8 Å². The van der Waals surface area contributed by atoms with Gasteiger partial charge in [0.15, 0.2) is 13.6 Å². The number of halogens is 1. The third kappa shape index (κ3) is 4.32. The molecular weight excluding hydrogens is 567 g/mol. The number of nitrogens with zero attached hydrogens (tertiary/aromatic N) is 1. The quantitative estimate of drug-likeness (QED) is 0.420. The van der Waals surface area contributed by atoms with Crippen molar-refractivity contribution < 1.29 is 37.5 Å². The molecule has 4 aliphatic carbocycles. The first-order chi connectivity index (χ1) is 21.2. The Balaban J connectivity index is 1.26. The summed E-state index contributed by atoms with van der Waals surface area (Å²) in [6.07, 6.45) is 9.32. The average Bonchev–Trinajstić information content (AvgIpc) is 3.72. The Morgan fingerprint density at radius 3 is 2.70 bits per heavy atom. The molecule has 3 saturated carbocycles. The van der Waals surface area contributed by atoms with Crippen LogP contribution in [0.1, 0.15) is 57.9 Å². The van der Waals surface area contributed by atoms with Crippen LogP contribution in [-0.4, -0.2) is 64.4 Å². The number of nitrogens with two attached hydrogens (primary N) is 1. The second kappa shape index (κ2) is 11.3. The van der Waals surface area contributed by atoms with E-state index in [-0.39, 0.29) is 55.7 Å². The van der Waals surface area contributed by atoms with Crippen molar-refractivity contribution >= 4 is 11.4 Å². The van der Waals surface area contributed by atoms with Gasteiger partial charge >= 0.3 is 0 Å². The normalized spacial score (nSPS) is 43.1. The van der Waals surface area contributed by atoms with E-state index in [4.69, 9.17) is 43.9 Å². The zero-order valence-corrected chi connectivity index (χ0v) is 26.2. The summed E-state index contributed by atoms with van der Waals surface area (Å²) in [6, 6.07) is 4.89. The zero-order valence-electron chi connectivity index (χ0n) is 26.2. The molecule has 0 amide bonds. The van der Waals surface area contributed by atoms with Gasteiger partial charge < -0.3 is 38.9 Å². The molecule has 1 aromatic rings. The van der Waals surface area contributed by atoms with Gasteiger partial charge in [-0.05, 0) is 97.7 Å². The number of benzene rings is 1. The lowest BCUT2D eigenvalue weighted by atomic mass is 9.45. The highest BCUT2D eigenvalue weighted by atomic mass is 19.1. The van der Waals surface area contributed by atoms with Crippen molar-refractivity contribution in [2.75, 3.05) is 41.2 Å². The van der Waals surface area contributed by atoms with Gasteiger partial charge in [-0.3, -0.25) is 0 Å². The molecule has 0 bridgehead atoms. The molecule has 8 atom stereocenters. The number of methoxy groups -OCH3 is 2. The summed E-state index contributed by atoms with van der Waals surface area (Å²) in [4.78, 5) is 4.96. The summed E-state index contributed by atoms with van der Waals surface area (Å²) < 4.78 is 56.4. The van der Waals surface area contributed by atoms with Gasteiger partial charge in [0.05, 0.1) is 24.1 Å². The molecule has 2 N–H and O–H groups in total. The second-order valence-corrected chi connectivity index (χ2v) is 13.9. The van der Waals surface area contributed by atoms with Gasteiger partial charge in [-0.2, -0.15) is 0 Å². The molecular formula is C34H45FN2O7. The molecule has 5 fully saturated rings. The molecule has 2 spiro atoms. The molecule has 0 aromatic heterocycles. The molecule has 44 heavy (non-hydrogen) atoms. The first-order valence-corrected chi connectivity index (χ1v) is 15.8. The summed E-state index contributed by atoms with van der Waals surface area (Å²) in [6.45, 7) is 5.97. The van der Waals surface area contributed by atoms with Crippen molar-refractivity contribution in [3.05, 3.63) is 53.0 Å². The Bertz CT molecular complexity index is 1370.